The average molecular weight is 322 g/mol. The number of anilines is 1. The third-order valence-electron chi connectivity index (χ3n) is 3.79. The van der Waals surface area contributed by atoms with Crippen molar-refractivity contribution in [3.05, 3.63) is 46.2 Å². The van der Waals surface area contributed by atoms with Gasteiger partial charge < -0.3 is 5.73 Å². The fraction of sp³-hybridized carbons (Fsp3) is 0.333. The molecule has 0 bridgehead atoms. The summed E-state index contributed by atoms with van der Waals surface area (Å²) in [4.78, 5) is 0.324. The predicted molar refractivity (Wildman–Crippen MR) is 85.7 cm³/mol. The lowest BCUT2D eigenvalue weighted by molar-refractivity contribution is 0.399. The van der Waals surface area contributed by atoms with Gasteiger partial charge in [0.15, 0.2) is 0 Å². The first-order valence-electron chi connectivity index (χ1n) is 6.88. The van der Waals surface area contributed by atoms with Gasteiger partial charge in [-0.2, -0.15) is 15.6 Å². The van der Waals surface area contributed by atoms with Crippen LogP contribution in [0.5, 0.6) is 0 Å². The van der Waals surface area contributed by atoms with E-state index in [0.717, 1.165) is 18.4 Å². The number of rotatable bonds is 5. The summed E-state index contributed by atoms with van der Waals surface area (Å²) in [5, 5.41) is 3.97. The average Bonchev–Trinajstić information content (AvgIpc) is 3.15. The van der Waals surface area contributed by atoms with E-state index in [1.54, 1.807) is 40.8 Å². The Morgan fingerprint density at radius 2 is 2.10 bits per heavy atom. The molecular formula is C15H18N2O2S2. The molecule has 2 N–H and O–H groups in total. The molecule has 1 aliphatic rings. The summed E-state index contributed by atoms with van der Waals surface area (Å²) >= 11 is 1.58. The smallest absolute Gasteiger partial charge is 0.243 e. The van der Waals surface area contributed by atoms with E-state index < -0.39 is 10.0 Å². The highest BCUT2D eigenvalue weighted by atomic mass is 32.2. The van der Waals surface area contributed by atoms with Crippen LogP contribution in [0.3, 0.4) is 0 Å². The second-order valence-corrected chi connectivity index (χ2v) is 8.02. The van der Waals surface area contributed by atoms with Crippen LogP contribution in [-0.4, -0.2) is 18.8 Å². The summed E-state index contributed by atoms with van der Waals surface area (Å²) in [7, 11) is -3.51. The molecule has 4 nitrogen and oxygen atoms in total. The number of thiophene rings is 1. The largest absolute Gasteiger partial charge is 0.398 e. The fourth-order valence-electron chi connectivity index (χ4n) is 2.37. The maximum atomic E-state index is 13.0. The highest BCUT2D eigenvalue weighted by molar-refractivity contribution is 7.89. The zero-order chi connectivity index (χ0) is 15.0. The minimum absolute atomic E-state index is 0.121. The maximum Gasteiger partial charge on any atom is 0.243 e. The molecule has 0 saturated heterocycles. The third kappa shape index (κ3) is 2.84. The first-order chi connectivity index (χ1) is 10.00. The topological polar surface area (TPSA) is 63.4 Å². The summed E-state index contributed by atoms with van der Waals surface area (Å²) in [5.41, 5.74) is 8.05. The minimum Gasteiger partial charge on any atom is -0.398 e. The summed E-state index contributed by atoms with van der Waals surface area (Å²) in [6.45, 7) is 2.20. The molecule has 0 aliphatic heterocycles. The standard InChI is InChI=1S/C15H18N2O2S2/c1-11-14(16)3-2-4-15(11)21(18,19)17(13-5-6-13)9-12-7-8-20-10-12/h2-4,7-8,10,13H,5-6,9,16H2,1H3. The number of benzene rings is 1. The normalized spacial score (nSPS) is 15.5. The molecule has 1 saturated carbocycles. The number of hydrogen-bond acceptors (Lipinski definition) is 4. The molecule has 0 spiro atoms. The highest BCUT2D eigenvalue weighted by Gasteiger charge is 2.38. The molecule has 1 heterocycles. The fourth-order valence-corrected chi connectivity index (χ4v) is 4.96. The van der Waals surface area contributed by atoms with Crippen molar-refractivity contribution < 1.29 is 8.42 Å². The summed E-state index contributed by atoms with van der Waals surface area (Å²) in [5.74, 6) is 0. The molecule has 1 fully saturated rings. The van der Waals surface area contributed by atoms with Gasteiger partial charge in [0.1, 0.15) is 0 Å². The number of sulfonamides is 1. The molecule has 0 unspecified atom stereocenters. The van der Waals surface area contributed by atoms with E-state index in [0.29, 0.717) is 22.7 Å². The second-order valence-electron chi connectivity index (χ2n) is 5.38. The first-order valence-corrected chi connectivity index (χ1v) is 9.26. The van der Waals surface area contributed by atoms with Crippen LogP contribution in [-0.2, 0) is 16.6 Å². The third-order valence-corrected chi connectivity index (χ3v) is 6.56. The van der Waals surface area contributed by atoms with Gasteiger partial charge in [-0.15, -0.1) is 0 Å². The van der Waals surface area contributed by atoms with E-state index in [1.807, 2.05) is 16.8 Å². The second kappa shape index (κ2) is 5.44. The van der Waals surface area contributed by atoms with Gasteiger partial charge in [0.2, 0.25) is 10.0 Å². The summed E-state index contributed by atoms with van der Waals surface area (Å²) in [6, 6.07) is 7.17. The molecule has 3 rings (SSSR count). The van der Waals surface area contributed by atoms with Crippen molar-refractivity contribution in [2.24, 2.45) is 0 Å². The van der Waals surface area contributed by atoms with Gasteiger partial charge >= 0.3 is 0 Å². The van der Waals surface area contributed by atoms with Crippen LogP contribution in [0, 0.1) is 6.92 Å². The van der Waals surface area contributed by atoms with Crippen molar-refractivity contribution in [3.8, 4) is 0 Å². The van der Waals surface area contributed by atoms with Gasteiger partial charge in [0, 0.05) is 18.3 Å². The van der Waals surface area contributed by atoms with Crippen molar-refractivity contribution in [1.29, 1.82) is 0 Å². The van der Waals surface area contributed by atoms with E-state index in [4.69, 9.17) is 5.73 Å². The minimum atomic E-state index is -3.51. The van der Waals surface area contributed by atoms with Gasteiger partial charge in [-0.05, 0) is 59.9 Å². The highest BCUT2D eigenvalue weighted by Crippen LogP contribution is 2.35. The lowest BCUT2D eigenvalue weighted by atomic mass is 10.2. The van der Waals surface area contributed by atoms with Crippen molar-refractivity contribution >= 4 is 27.0 Å². The Labute approximate surface area is 129 Å². The molecule has 2 aromatic rings. The van der Waals surface area contributed by atoms with E-state index in [9.17, 15) is 8.42 Å². The lowest BCUT2D eigenvalue weighted by Gasteiger charge is -2.23. The van der Waals surface area contributed by atoms with Crippen molar-refractivity contribution in [3.63, 3.8) is 0 Å². The van der Waals surface area contributed by atoms with Gasteiger partial charge in [0.25, 0.3) is 0 Å². The molecule has 1 aromatic heterocycles. The quantitative estimate of drug-likeness (QED) is 0.861. The van der Waals surface area contributed by atoms with E-state index in [-0.39, 0.29) is 6.04 Å². The predicted octanol–water partition coefficient (Wildman–Crippen LogP) is 2.99. The molecule has 21 heavy (non-hydrogen) atoms. The monoisotopic (exact) mass is 322 g/mol. The molecule has 112 valence electrons. The summed E-state index contributed by atoms with van der Waals surface area (Å²) < 4.78 is 27.6. The number of hydrogen-bond donors (Lipinski definition) is 1. The van der Waals surface area contributed by atoms with Crippen LogP contribution in [0.25, 0.3) is 0 Å². The Balaban J connectivity index is 1.99. The van der Waals surface area contributed by atoms with Crippen LogP contribution in [0.2, 0.25) is 0 Å². The number of nitrogens with two attached hydrogens (primary N) is 1. The Bertz CT molecular complexity index is 735. The molecular weight excluding hydrogens is 304 g/mol. The zero-order valence-corrected chi connectivity index (χ0v) is 13.5. The molecule has 6 heteroatoms. The lowest BCUT2D eigenvalue weighted by Crippen LogP contribution is -2.33. The molecule has 0 radical (unpaired) electrons. The van der Waals surface area contributed by atoms with Crippen LogP contribution < -0.4 is 5.73 Å². The van der Waals surface area contributed by atoms with Crippen molar-refractivity contribution in [1.82, 2.24) is 4.31 Å². The van der Waals surface area contributed by atoms with Crippen molar-refractivity contribution in [2.75, 3.05) is 5.73 Å². The van der Waals surface area contributed by atoms with Crippen LogP contribution >= 0.6 is 11.3 Å². The summed E-state index contributed by atoms with van der Waals surface area (Å²) in [6.07, 6.45) is 1.87. The van der Waals surface area contributed by atoms with Crippen LogP contribution in [0.1, 0.15) is 24.0 Å². The van der Waals surface area contributed by atoms with E-state index >= 15 is 0 Å². The van der Waals surface area contributed by atoms with Crippen LogP contribution in [0.15, 0.2) is 39.9 Å². The van der Waals surface area contributed by atoms with Crippen molar-refractivity contribution in [2.45, 2.75) is 37.2 Å². The van der Waals surface area contributed by atoms with Gasteiger partial charge in [-0.3, -0.25) is 0 Å². The van der Waals surface area contributed by atoms with E-state index in [1.165, 1.54) is 0 Å². The zero-order valence-electron chi connectivity index (χ0n) is 11.8. The Kier molecular flexibility index (Phi) is 3.77. The Morgan fingerprint density at radius 1 is 1.33 bits per heavy atom. The molecule has 0 amide bonds. The maximum absolute atomic E-state index is 13.0. The number of nitrogen functional groups attached to an aromatic ring is 1. The molecule has 1 aromatic carbocycles. The van der Waals surface area contributed by atoms with E-state index in [2.05, 4.69) is 0 Å². The molecule has 1 aliphatic carbocycles. The Hall–Kier alpha value is -1.37. The van der Waals surface area contributed by atoms with Gasteiger partial charge in [-0.25, -0.2) is 8.42 Å². The molecule has 0 atom stereocenters. The SMILES string of the molecule is Cc1c(N)cccc1S(=O)(=O)N(Cc1ccsc1)C1CC1. The first kappa shape index (κ1) is 14.6. The van der Waals surface area contributed by atoms with Crippen LogP contribution in [0.4, 0.5) is 5.69 Å². The van der Waals surface area contributed by atoms with Gasteiger partial charge in [0.05, 0.1) is 4.90 Å². The van der Waals surface area contributed by atoms with Gasteiger partial charge in [-0.1, -0.05) is 6.07 Å². The number of nitrogens with zero attached hydrogens (tertiary/aromatic N) is 1. The Morgan fingerprint density at radius 3 is 2.71 bits per heavy atom.